The molecule has 0 radical (unpaired) electrons. The van der Waals surface area contributed by atoms with Crippen LogP contribution in [0, 0.1) is 13.8 Å². The number of rotatable bonds is 3. The second-order valence-electron chi connectivity index (χ2n) is 6.18. The summed E-state index contributed by atoms with van der Waals surface area (Å²) in [7, 11) is 0. The van der Waals surface area contributed by atoms with E-state index < -0.39 is 0 Å². The van der Waals surface area contributed by atoms with Gasteiger partial charge in [-0.3, -0.25) is 14.2 Å². The van der Waals surface area contributed by atoms with Gasteiger partial charge in [-0.05, 0) is 54.8 Å². The first kappa shape index (κ1) is 16.0. The van der Waals surface area contributed by atoms with Gasteiger partial charge in [0.15, 0.2) is 0 Å². The highest BCUT2D eigenvalue weighted by Gasteiger charge is 2.14. The third-order valence-electron chi connectivity index (χ3n) is 4.26. The van der Waals surface area contributed by atoms with E-state index in [9.17, 15) is 4.79 Å². The van der Waals surface area contributed by atoms with Crippen LogP contribution in [0.1, 0.15) is 21.6 Å². The molecule has 0 aliphatic rings. The van der Waals surface area contributed by atoms with E-state index in [2.05, 4.69) is 20.3 Å². The molecule has 0 saturated carbocycles. The molecular weight excluding hydrogens is 326 g/mol. The standard InChI is InChI=1S/C20H17N5O/c1-13-3-4-19(23-9-13)24-20(26)18-8-15(7-16-10-22-12-25(16)18)17-11-21-6-5-14(17)2/h3-12H,1-2H3,(H,23,24,26). The number of aromatic nitrogens is 4. The summed E-state index contributed by atoms with van der Waals surface area (Å²) in [6, 6.07) is 9.49. The first-order valence-electron chi connectivity index (χ1n) is 8.23. The van der Waals surface area contributed by atoms with Crippen LogP contribution in [0.3, 0.4) is 0 Å². The zero-order chi connectivity index (χ0) is 18.1. The summed E-state index contributed by atoms with van der Waals surface area (Å²) in [5, 5.41) is 2.85. The SMILES string of the molecule is Cc1ccc(NC(=O)c2cc(-c3cnccc3C)cc3cncn23)nc1. The number of carbonyl (C=O) groups excluding carboxylic acids is 1. The van der Waals surface area contributed by atoms with Gasteiger partial charge in [0.05, 0.1) is 18.0 Å². The van der Waals surface area contributed by atoms with Gasteiger partial charge in [0, 0.05) is 24.2 Å². The summed E-state index contributed by atoms with van der Waals surface area (Å²) >= 11 is 0. The Balaban J connectivity index is 1.78. The van der Waals surface area contributed by atoms with Crippen molar-refractivity contribution in [2.24, 2.45) is 0 Å². The van der Waals surface area contributed by atoms with Crippen molar-refractivity contribution in [3.8, 4) is 11.1 Å². The first-order chi connectivity index (χ1) is 12.6. The van der Waals surface area contributed by atoms with Gasteiger partial charge in [-0.2, -0.15) is 0 Å². The van der Waals surface area contributed by atoms with Gasteiger partial charge in [0.25, 0.3) is 5.91 Å². The van der Waals surface area contributed by atoms with E-state index in [1.165, 1.54) is 0 Å². The van der Waals surface area contributed by atoms with E-state index in [4.69, 9.17) is 0 Å². The number of nitrogens with zero attached hydrogens (tertiary/aromatic N) is 4. The van der Waals surface area contributed by atoms with Gasteiger partial charge in [-0.1, -0.05) is 6.07 Å². The van der Waals surface area contributed by atoms with Gasteiger partial charge in [0.1, 0.15) is 11.5 Å². The number of carbonyl (C=O) groups is 1. The topological polar surface area (TPSA) is 72.2 Å². The van der Waals surface area contributed by atoms with Gasteiger partial charge in [-0.25, -0.2) is 9.97 Å². The molecule has 0 aliphatic heterocycles. The number of hydrogen-bond donors (Lipinski definition) is 1. The zero-order valence-electron chi connectivity index (χ0n) is 14.5. The summed E-state index contributed by atoms with van der Waals surface area (Å²) in [6.07, 6.45) is 8.65. The lowest BCUT2D eigenvalue weighted by molar-refractivity contribution is 0.102. The predicted molar refractivity (Wildman–Crippen MR) is 100 cm³/mol. The fourth-order valence-electron chi connectivity index (χ4n) is 2.85. The number of amides is 1. The van der Waals surface area contributed by atoms with Crippen molar-refractivity contribution in [2.75, 3.05) is 5.32 Å². The van der Waals surface area contributed by atoms with E-state index in [0.717, 1.165) is 27.8 Å². The highest BCUT2D eigenvalue weighted by Crippen LogP contribution is 2.25. The molecule has 0 aromatic carbocycles. The molecule has 6 heteroatoms. The van der Waals surface area contributed by atoms with Crippen molar-refractivity contribution in [3.05, 3.63) is 78.3 Å². The van der Waals surface area contributed by atoms with Gasteiger partial charge in [-0.15, -0.1) is 0 Å². The summed E-state index contributed by atoms with van der Waals surface area (Å²) in [4.78, 5) is 25.5. The second-order valence-corrected chi connectivity index (χ2v) is 6.18. The van der Waals surface area contributed by atoms with Crippen LogP contribution < -0.4 is 5.32 Å². The normalized spacial score (nSPS) is 10.8. The van der Waals surface area contributed by atoms with Crippen LogP contribution in [0.25, 0.3) is 16.6 Å². The summed E-state index contributed by atoms with van der Waals surface area (Å²) in [5.74, 6) is 0.268. The average Bonchev–Trinajstić information content (AvgIpc) is 3.11. The molecule has 6 nitrogen and oxygen atoms in total. The molecule has 0 bridgehead atoms. The fourth-order valence-corrected chi connectivity index (χ4v) is 2.85. The molecule has 0 saturated heterocycles. The molecule has 0 spiro atoms. The minimum Gasteiger partial charge on any atom is -0.305 e. The monoisotopic (exact) mass is 343 g/mol. The Morgan fingerprint density at radius 2 is 1.92 bits per heavy atom. The molecule has 0 fully saturated rings. The van der Waals surface area contributed by atoms with E-state index >= 15 is 0 Å². The zero-order valence-corrected chi connectivity index (χ0v) is 14.5. The fraction of sp³-hybridized carbons (Fsp3) is 0.100. The maximum Gasteiger partial charge on any atom is 0.273 e. The maximum atomic E-state index is 12.9. The smallest absolute Gasteiger partial charge is 0.273 e. The lowest BCUT2D eigenvalue weighted by atomic mass is 10.0. The van der Waals surface area contributed by atoms with Crippen LogP contribution in [0.4, 0.5) is 5.82 Å². The molecule has 1 amide bonds. The van der Waals surface area contributed by atoms with Crippen LogP contribution in [-0.4, -0.2) is 25.3 Å². The van der Waals surface area contributed by atoms with Crippen molar-refractivity contribution < 1.29 is 4.79 Å². The number of imidazole rings is 1. The van der Waals surface area contributed by atoms with Gasteiger partial charge in [0.2, 0.25) is 0 Å². The minimum absolute atomic E-state index is 0.243. The highest BCUT2D eigenvalue weighted by atomic mass is 16.2. The lowest BCUT2D eigenvalue weighted by Crippen LogP contribution is -2.16. The van der Waals surface area contributed by atoms with Crippen LogP contribution in [0.5, 0.6) is 0 Å². The Labute approximate surface area is 150 Å². The van der Waals surface area contributed by atoms with Crippen molar-refractivity contribution in [3.63, 3.8) is 0 Å². The number of pyridine rings is 3. The van der Waals surface area contributed by atoms with E-state index in [1.807, 2.05) is 38.1 Å². The number of fused-ring (bicyclic) bond motifs is 1. The molecule has 4 rings (SSSR count). The van der Waals surface area contributed by atoms with E-state index in [-0.39, 0.29) is 5.91 Å². The van der Waals surface area contributed by atoms with Crippen LogP contribution in [0.2, 0.25) is 0 Å². The molecule has 4 aromatic rings. The largest absolute Gasteiger partial charge is 0.305 e. The Morgan fingerprint density at radius 3 is 2.69 bits per heavy atom. The quantitative estimate of drug-likeness (QED) is 0.616. The number of aryl methyl sites for hydroxylation is 2. The van der Waals surface area contributed by atoms with Crippen molar-refractivity contribution in [1.29, 1.82) is 0 Å². The summed E-state index contributed by atoms with van der Waals surface area (Å²) in [5.41, 5.74) is 5.36. The average molecular weight is 343 g/mol. The Hall–Kier alpha value is -3.54. The summed E-state index contributed by atoms with van der Waals surface area (Å²) < 4.78 is 1.76. The van der Waals surface area contributed by atoms with Crippen LogP contribution in [-0.2, 0) is 0 Å². The molecular formula is C20H17N5O. The Bertz CT molecular complexity index is 1100. The Kier molecular flexibility index (Phi) is 3.93. The number of anilines is 1. The molecule has 4 aromatic heterocycles. The van der Waals surface area contributed by atoms with Crippen molar-refractivity contribution in [1.82, 2.24) is 19.4 Å². The predicted octanol–water partition coefficient (Wildman–Crippen LogP) is 3.66. The van der Waals surface area contributed by atoms with Crippen LogP contribution in [0.15, 0.2) is 61.4 Å². The molecule has 0 aliphatic carbocycles. The summed E-state index contributed by atoms with van der Waals surface area (Å²) in [6.45, 7) is 3.97. The molecule has 4 heterocycles. The van der Waals surface area contributed by atoms with E-state index in [1.54, 1.807) is 41.6 Å². The second kappa shape index (κ2) is 6.40. The van der Waals surface area contributed by atoms with Crippen LogP contribution >= 0.6 is 0 Å². The highest BCUT2D eigenvalue weighted by molar-refractivity contribution is 6.04. The number of nitrogens with one attached hydrogen (secondary N) is 1. The minimum atomic E-state index is -0.243. The van der Waals surface area contributed by atoms with E-state index in [0.29, 0.717) is 11.5 Å². The molecule has 26 heavy (non-hydrogen) atoms. The van der Waals surface area contributed by atoms with Crippen molar-refractivity contribution >= 4 is 17.2 Å². The maximum absolute atomic E-state index is 12.9. The molecule has 128 valence electrons. The molecule has 0 atom stereocenters. The van der Waals surface area contributed by atoms with Gasteiger partial charge < -0.3 is 5.32 Å². The molecule has 0 unspecified atom stereocenters. The number of hydrogen-bond acceptors (Lipinski definition) is 4. The molecule has 1 N–H and O–H groups in total. The third-order valence-corrected chi connectivity index (χ3v) is 4.26. The Morgan fingerprint density at radius 1 is 1.04 bits per heavy atom. The van der Waals surface area contributed by atoms with Gasteiger partial charge >= 0.3 is 0 Å². The lowest BCUT2D eigenvalue weighted by Gasteiger charge is -2.11. The van der Waals surface area contributed by atoms with Crippen molar-refractivity contribution in [2.45, 2.75) is 13.8 Å². The first-order valence-corrected chi connectivity index (χ1v) is 8.23. The third kappa shape index (κ3) is 2.93.